The van der Waals surface area contributed by atoms with Crippen molar-refractivity contribution in [3.8, 4) is 10.7 Å². The molecule has 0 spiro atoms. The predicted molar refractivity (Wildman–Crippen MR) is 97.5 cm³/mol. The van der Waals surface area contributed by atoms with Crippen molar-refractivity contribution in [2.45, 2.75) is 6.42 Å². The number of pyridine rings is 2. The highest BCUT2D eigenvalue weighted by Crippen LogP contribution is 2.25. The minimum absolute atomic E-state index is 0.152. The largest absolute Gasteiger partial charge is 0.352 e. The average molecular weight is 349 g/mol. The Morgan fingerprint density at radius 1 is 1.20 bits per heavy atom. The van der Waals surface area contributed by atoms with Crippen LogP contribution in [0.1, 0.15) is 15.9 Å². The van der Waals surface area contributed by atoms with E-state index in [1.807, 2.05) is 29.6 Å². The zero-order chi connectivity index (χ0) is 17.1. The number of nitrogens with one attached hydrogen (secondary N) is 2. The Morgan fingerprint density at radius 3 is 2.96 bits per heavy atom. The molecule has 4 rings (SSSR count). The highest BCUT2D eigenvalue weighted by atomic mass is 32.1. The number of nitrogens with zero attached hydrogens (tertiary/aromatic N) is 3. The average Bonchev–Trinajstić information content (AvgIpc) is 3.31. The molecule has 0 unspecified atom stereocenters. The lowest BCUT2D eigenvalue weighted by Crippen LogP contribution is -2.26. The van der Waals surface area contributed by atoms with Crippen molar-refractivity contribution < 1.29 is 4.79 Å². The molecule has 0 aliphatic rings. The van der Waals surface area contributed by atoms with E-state index >= 15 is 0 Å². The summed E-state index contributed by atoms with van der Waals surface area (Å²) in [6.07, 6.45) is 5.89. The fraction of sp³-hybridized carbons (Fsp3) is 0.111. The van der Waals surface area contributed by atoms with Gasteiger partial charge in [-0.2, -0.15) is 0 Å². The molecule has 4 aromatic heterocycles. The zero-order valence-electron chi connectivity index (χ0n) is 13.3. The predicted octanol–water partition coefficient (Wildman–Crippen LogP) is 3.05. The molecule has 0 radical (unpaired) electrons. The molecule has 25 heavy (non-hydrogen) atoms. The van der Waals surface area contributed by atoms with E-state index in [-0.39, 0.29) is 5.91 Å². The second-order valence-electron chi connectivity index (χ2n) is 5.49. The third kappa shape index (κ3) is 3.27. The van der Waals surface area contributed by atoms with Gasteiger partial charge in [0.05, 0.1) is 10.4 Å². The number of aromatic nitrogens is 4. The fourth-order valence-electron chi connectivity index (χ4n) is 2.59. The Balaban J connectivity index is 1.53. The minimum Gasteiger partial charge on any atom is -0.352 e. The molecule has 124 valence electrons. The monoisotopic (exact) mass is 349 g/mol. The number of hydrogen-bond acceptors (Lipinski definition) is 5. The second-order valence-corrected chi connectivity index (χ2v) is 6.43. The van der Waals surface area contributed by atoms with Crippen LogP contribution in [0.3, 0.4) is 0 Å². The lowest BCUT2D eigenvalue weighted by atomic mass is 10.2. The summed E-state index contributed by atoms with van der Waals surface area (Å²) in [6.45, 7) is 0.538. The van der Waals surface area contributed by atoms with Crippen LogP contribution < -0.4 is 5.32 Å². The van der Waals surface area contributed by atoms with Crippen molar-refractivity contribution in [2.24, 2.45) is 0 Å². The minimum atomic E-state index is -0.152. The van der Waals surface area contributed by atoms with Crippen LogP contribution in [0, 0.1) is 0 Å². The highest BCUT2D eigenvalue weighted by molar-refractivity contribution is 7.13. The van der Waals surface area contributed by atoms with Crippen LogP contribution in [0.2, 0.25) is 0 Å². The Labute approximate surface area is 148 Å². The molecule has 0 saturated heterocycles. The number of carbonyl (C=O) groups excluding carboxylic acids is 1. The van der Waals surface area contributed by atoms with Crippen molar-refractivity contribution >= 4 is 28.4 Å². The molecule has 0 bridgehead atoms. The third-order valence-electron chi connectivity index (χ3n) is 3.81. The van der Waals surface area contributed by atoms with Gasteiger partial charge in [0.2, 0.25) is 0 Å². The van der Waals surface area contributed by atoms with Gasteiger partial charge in [-0.15, -0.1) is 11.3 Å². The molecule has 0 aliphatic carbocycles. The first-order valence-corrected chi connectivity index (χ1v) is 8.75. The van der Waals surface area contributed by atoms with Crippen LogP contribution >= 0.6 is 11.3 Å². The van der Waals surface area contributed by atoms with Crippen molar-refractivity contribution in [1.82, 2.24) is 25.3 Å². The number of H-pyrrole nitrogens is 1. The summed E-state index contributed by atoms with van der Waals surface area (Å²) in [5.74, 6) is 0.577. The van der Waals surface area contributed by atoms with Crippen LogP contribution in [0.4, 0.5) is 0 Å². The third-order valence-corrected chi connectivity index (χ3v) is 4.68. The second kappa shape index (κ2) is 6.82. The molecule has 6 nitrogen and oxygen atoms in total. The first-order chi connectivity index (χ1) is 12.3. The molecular formula is C18H15N5OS. The lowest BCUT2D eigenvalue weighted by Gasteiger charge is -2.05. The van der Waals surface area contributed by atoms with E-state index in [1.165, 1.54) is 0 Å². The molecule has 0 fully saturated rings. The first kappa shape index (κ1) is 15.5. The van der Waals surface area contributed by atoms with Gasteiger partial charge in [0.1, 0.15) is 11.3 Å². The number of amides is 1. The summed E-state index contributed by atoms with van der Waals surface area (Å²) < 4.78 is 0. The van der Waals surface area contributed by atoms with Crippen LogP contribution in [-0.2, 0) is 6.42 Å². The molecule has 4 heterocycles. The molecule has 2 N–H and O–H groups in total. The Morgan fingerprint density at radius 2 is 2.16 bits per heavy atom. The van der Waals surface area contributed by atoms with Gasteiger partial charge in [0, 0.05) is 25.1 Å². The summed E-state index contributed by atoms with van der Waals surface area (Å²) in [4.78, 5) is 29.6. The maximum absolute atomic E-state index is 12.5. The Hall–Kier alpha value is -3.06. The standard InChI is InChI=1S/C18H15N5OS/c24-18(21-8-5-12-3-1-7-19-11-12)13-6-9-20-17-15(13)22-16(23-17)14-4-2-10-25-14/h1-4,6-7,9-11H,5,8H2,(H,21,24)(H,20,22,23). The van der Waals surface area contributed by atoms with E-state index in [4.69, 9.17) is 0 Å². The Bertz CT molecular complexity index is 995. The van der Waals surface area contributed by atoms with E-state index in [1.54, 1.807) is 36.0 Å². The topological polar surface area (TPSA) is 83.6 Å². The molecule has 0 aliphatic heterocycles. The molecule has 0 atom stereocenters. The van der Waals surface area contributed by atoms with E-state index in [2.05, 4.69) is 25.3 Å². The fourth-order valence-corrected chi connectivity index (χ4v) is 3.25. The van der Waals surface area contributed by atoms with Crippen LogP contribution in [0.5, 0.6) is 0 Å². The summed E-state index contributed by atoms with van der Waals surface area (Å²) in [6, 6.07) is 9.52. The van der Waals surface area contributed by atoms with Gasteiger partial charge >= 0.3 is 0 Å². The van der Waals surface area contributed by atoms with E-state index < -0.39 is 0 Å². The SMILES string of the molecule is O=C(NCCc1cccnc1)c1ccnc2[nH]c(-c3cccs3)nc12. The Kier molecular flexibility index (Phi) is 4.22. The van der Waals surface area contributed by atoms with E-state index in [0.717, 1.165) is 22.7 Å². The molecule has 4 aromatic rings. The maximum atomic E-state index is 12.5. The molecular weight excluding hydrogens is 334 g/mol. The molecule has 1 amide bonds. The van der Waals surface area contributed by atoms with Gasteiger partial charge in [-0.1, -0.05) is 12.1 Å². The number of thiophene rings is 1. The van der Waals surface area contributed by atoms with Gasteiger partial charge in [0.25, 0.3) is 5.91 Å². The smallest absolute Gasteiger partial charge is 0.253 e. The van der Waals surface area contributed by atoms with Crippen molar-refractivity contribution in [2.75, 3.05) is 6.54 Å². The van der Waals surface area contributed by atoms with Crippen LogP contribution in [-0.4, -0.2) is 32.4 Å². The number of hydrogen-bond donors (Lipinski definition) is 2. The zero-order valence-corrected chi connectivity index (χ0v) is 14.1. The molecule has 7 heteroatoms. The van der Waals surface area contributed by atoms with Gasteiger partial charge in [-0.3, -0.25) is 9.78 Å². The van der Waals surface area contributed by atoms with Gasteiger partial charge < -0.3 is 10.3 Å². The highest BCUT2D eigenvalue weighted by Gasteiger charge is 2.15. The summed E-state index contributed by atoms with van der Waals surface area (Å²) in [5, 5.41) is 4.93. The normalized spacial score (nSPS) is 10.9. The summed E-state index contributed by atoms with van der Waals surface area (Å²) in [7, 11) is 0. The number of aromatic amines is 1. The van der Waals surface area contributed by atoms with Gasteiger partial charge in [0.15, 0.2) is 5.65 Å². The lowest BCUT2D eigenvalue weighted by molar-refractivity contribution is 0.0955. The van der Waals surface area contributed by atoms with E-state index in [9.17, 15) is 4.79 Å². The van der Waals surface area contributed by atoms with Gasteiger partial charge in [-0.05, 0) is 35.6 Å². The molecule has 0 saturated carbocycles. The quantitative estimate of drug-likeness (QED) is 0.580. The number of imidazole rings is 1. The molecule has 0 aromatic carbocycles. The van der Waals surface area contributed by atoms with Crippen LogP contribution in [0.25, 0.3) is 21.9 Å². The van der Waals surface area contributed by atoms with Crippen molar-refractivity contribution in [1.29, 1.82) is 0 Å². The van der Waals surface area contributed by atoms with Crippen molar-refractivity contribution in [3.05, 3.63) is 65.4 Å². The summed E-state index contributed by atoms with van der Waals surface area (Å²) >= 11 is 1.59. The summed E-state index contributed by atoms with van der Waals surface area (Å²) in [5.41, 5.74) is 2.81. The van der Waals surface area contributed by atoms with Gasteiger partial charge in [-0.25, -0.2) is 9.97 Å². The number of fused-ring (bicyclic) bond motifs is 1. The number of carbonyl (C=O) groups is 1. The maximum Gasteiger partial charge on any atom is 0.253 e. The number of rotatable bonds is 5. The van der Waals surface area contributed by atoms with E-state index in [0.29, 0.717) is 23.3 Å². The van der Waals surface area contributed by atoms with Crippen molar-refractivity contribution in [3.63, 3.8) is 0 Å². The van der Waals surface area contributed by atoms with Crippen LogP contribution in [0.15, 0.2) is 54.3 Å². The first-order valence-electron chi connectivity index (χ1n) is 7.87.